The molecular weight excluding hydrogens is 305 g/mol. The van der Waals surface area contributed by atoms with Crippen molar-refractivity contribution in [2.75, 3.05) is 13.1 Å². The summed E-state index contributed by atoms with van der Waals surface area (Å²) in [4.78, 5) is 13.9. The minimum Gasteiger partial charge on any atom is -0.444 e. The molecular formula is C17H23ClFNO2. The van der Waals surface area contributed by atoms with E-state index in [1.165, 1.54) is 0 Å². The Kier molecular flexibility index (Phi) is 5.32. The van der Waals surface area contributed by atoms with Crippen molar-refractivity contribution in [1.82, 2.24) is 4.90 Å². The average Bonchev–Trinajstić information content (AvgIpc) is 2.42. The first-order valence-electron chi connectivity index (χ1n) is 7.67. The Bertz CT molecular complexity index is 542. The Morgan fingerprint density at radius 3 is 2.86 bits per heavy atom. The van der Waals surface area contributed by atoms with Crippen molar-refractivity contribution >= 4 is 17.7 Å². The fraction of sp³-hybridized carbons (Fsp3) is 0.588. The SMILES string of the molecule is CC(C)(C)OC(=O)N1CCC[C@@H](Cc2cccc(Cl)c2F)C1. The van der Waals surface area contributed by atoms with Crippen molar-refractivity contribution < 1.29 is 13.9 Å². The predicted octanol–water partition coefficient (Wildman–Crippen LogP) is 4.67. The van der Waals surface area contributed by atoms with Crippen LogP contribution in [0.5, 0.6) is 0 Å². The van der Waals surface area contributed by atoms with Gasteiger partial charge in [0.15, 0.2) is 0 Å². The Labute approximate surface area is 136 Å². The maximum Gasteiger partial charge on any atom is 0.410 e. The standard InChI is InChI=1S/C17H23ClFNO2/c1-17(2,3)22-16(21)20-9-5-6-12(11-20)10-13-7-4-8-14(18)15(13)19/h4,7-8,12H,5-6,9-11H2,1-3H3/t12-/m0/s1. The predicted molar refractivity (Wildman–Crippen MR) is 85.6 cm³/mol. The van der Waals surface area contributed by atoms with E-state index >= 15 is 0 Å². The Morgan fingerprint density at radius 2 is 2.18 bits per heavy atom. The molecule has 0 radical (unpaired) electrons. The van der Waals surface area contributed by atoms with Crippen molar-refractivity contribution in [3.63, 3.8) is 0 Å². The van der Waals surface area contributed by atoms with Gasteiger partial charge in [-0.1, -0.05) is 23.7 Å². The minimum absolute atomic E-state index is 0.150. The van der Waals surface area contributed by atoms with Crippen molar-refractivity contribution in [3.05, 3.63) is 34.6 Å². The van der Waals surface area contributed by atoms with Crippen LogP contribution in [0.3, 0.4) is 0 Å². The highest BCUT2D eigenvalue weighted by Crippen LogP contribution is 2.26. The zero-order valence-electron chi connectivity index (χ0n) is 13.4. The fourth-order valence-electron chi connectivity index (χ4n) is 2.74. The van der Waals surface area contributed by atoms with Gasteiger partial charge >= 0.3 is 6.09 Å². The third-order valence-corrected chi connectivity index (χ3v) is 4.00. The number of rotatable bonds is 2. The summed E-state index contributed by atoms with van der Waals surface area (Å²) in [6.07, 6.45) is 2.19. The Hall–Kier alpha value is -1.29. The van der Waals surface area contributed by atoms with Crippen LogP contribution in [0.4, 0.5) is 9.18 Å². The summed E-state index contributed by atoms with van der Waals surface area (Å²) in [6.45, 7) is 6.86. The number of piperidine rings is 1. The lowest BCUT2D eigenvalue weighted by molar-refractivity contribution is 0.0166. The highest BCUT2D eigenvalue weighted by molar-refractivity contribution is 6.30. The van der Waals surface area contributed by atoms with Gasteiger partial charge < -0.3 is 9.64 Å². The van der Waals surface area contributed by atoms with Gasteiger partial charge in [0, 0.05) is 13.1 Å². The van der Waals surface area contributed by atoms with Gasteiger partial charge in [-0.15, -0.1) is 0 Å². The zero-order chi connectivity index (χ0) is 16.3. The molecule has 22 heavy (non-hydrogen) atoms. The van der Waals surface area contributed by atoms with E-state index < -0.39 is 5.60 Å². The largest absolute Gasteiger partial charge is 0.444 e. The Morgan fingerprint density at radius 1 is 1.45 bits per heavy atom. The number of carbonyl (C=O) groups excluding carboxylic acids is 1. The minimum atomic E-state index is -0.497. The van der Waals surface area contributed by atoms with E-state index in [-0.39, 0.29) is 22.9 Å². The maximum atomic E-state index is 14.0. The molecule has 0 N–H and O–H groups in total. The van der Waals surface area contributed by atoms with Crippen LogP contribution in [-0.2, 0) is 11.2 Å². The number of likely N-dealkylation sites (tertiary alicyclic amines) is 1. The highest BCUT2D eigenvalue weighted by Gasteiger charge is 2.28. The normalized spacial score (nSPS) is 19.1. The van der Waals surface area contributed by atoms with Gasteiger partial charge in [0.1, 0.15) is 11.4 Å². The maximum absolute atomic E-state index is 14.0. The molecule has 0 unspecified atom stereocenters. The second-order valence-corrected chi connectivity index (χ2v) is 7.26. The molecule has 5 heteroatoms. The van der Waals surface area contributed by atoms with Crippen LogP contribution < -0.4 is 0 Å². The lowest BCUT2D eigenvalue weighted by atomic mass is 9.91. The second kappa shape index (κ2) is 6.86. The molecule has 122 valence electrons. The van der Waals surface area contributed by atoms with Gasteiger partial charge in [0.25, 0.3) is 0 Å². The summed E-state index contributed by atoms with van der Waals surface area (Å²) < 4.78 is 19.4. The summed E-state index contributed by atoms with van der Waals surface area (Å²) in [6, 6.07) is 5.07. The molecule has 0 spiro atoms. The third-order valence-electron chi connectivity index (χ3n) is 3.71. The highest BCUT2D eigenvalue weighted by atomic mass is 35.5. The number of nitrogens with zero attached hydrogens (tertiary/aromatic N) is 1. The van der Waals surface area contributed by atoms with Crippen LogP contribution in [0.15, 0.2) is 18.2 Å². The lowest BCUT2D eigenvalue weighted by Crippen LogP contribution is -2.43. The van der Waals surface area contributed by atoms with E-state index in [1.54, 1.807) is 23.1 Å². The van der Waals surface area contributed by atoms with Crippen molar-refractivity contribution in [1.29, 1.82) is 0 Å². The van der Waals surface area contributed by atoms with Crippen molar-refractivity contribution in [2.45, 2.75) is 45.6 Å². The summed E-state index contributed by atoms with van der Waals surface area (Å²) in [7, 11) is 0. The van der Waals surface area contributed by atoms with E-state index in [2.05, 4.69) is 0 Å². The summed E-state index contributed by atoms with van der Waals surface area (Å²) >= 11 is 5.82. The lowest BCUT2D eigenvalue weighted by Gasteiger charge is -2.34. The first-order chi connectivity index (χ1) is 10.3. The van der Waals surface area contributed by atoms with Crippen LogP contribution in [0.2, 0.25) is 5.02 Å². The smallest absolute Gasteiger partial charge is 0.410 e. The number of hydrogen-bond acceptors (Lipinski definition) is 2. The van der Waals surface area contributed by atoms with Crippen LogP contribution in [0, 0.1) is 11.7 Å². The molecule has 1 atom stereocenters. The zero-order valence-corrected chi connectivity index (χ0v) is 14.1. The molecule has 1 aromatic rings. The van der Waals surface area contributed by atoms with E-state index in [1.807, 2.05) is 20.8 Å². The van der Waals surface area contributed by atoms with Gasteiger partial charge in [-0.2, -0.15) is 0 Å². The molecule has 1 amide bonds. The molecule has 1 fully saturated rings. The molecule has 1 aromatic carbocycles. The number of benzene rings is 1. The number of carbonyl (C=O) groups is 1. The van der Waals surface area contributed by atoms with Crippen LogP contribution >= 0.6 is 11.6 Å². The van der Waals surface area contributed by atoms with E-state index in [4.69, 9.17) is 16.3 Å². The molecule has 0 aliphatic carbocycles. The van der Waals surface area contributed by atoms with E-state index in [0.29, 0.717) is 25.1 Å². The number of halogens is 2. The molecule has 1 heterocycles. The monoisotopic (exact) mass is 327 g/mol. The van der Waals surface area contributed by atoms with Gasteiger partial charge in [0.2, 0.25) is 0 Å². The Balaban J connectivity index is 1.99. The van der Waals surface area contributed by atoms with Crippen LogP contribution in [0.25, 0.3) is 0 Å². The molecule has 1 aliphatic rings. The van der Waals surface area contributed by atoms with Crippen molar-refractivity contribution in [3.8, 4) is 0 Å². The molecule has 3 nitrogen and oxygen atoms in total. The summed E-state index contributed by atoms with van der Waals surface area (Å²) in [5.41, 5.74) is 0.117. The van der Waals surface area contributed by atoms with E-state index in [0.717, 1.165) is 12.8 Å². The van der Waals surface area contributed by atoms with Gasteiger partial charge in [-0.25, -0.2) is 9.18 Å². The molecule has 2 rings (SSSR count). The number of ether oxygens (including phenoxy) is 1. The quantitative estimate of drug-likeness (QED) is 0.790. The summed E-state index contributed by atoms with van der Waals surface area (Å²) in [5.74, 6) is -0.118. The molecule has 0 saturated carbocycles. The average molecular weight is 328 g/mol. The number of hydrogen-bond donors (Lipinski definition) is 0. The summed E-state index contributed by atoms with van der Waals surface area (Å²) in [5, 5.41) is 0.150. The van der Waals surface area contributed by atoms with Gasteiger partial charge in [-0.3, -0.25) is 0 Å². The third kappa shape index (κ3) is 4.60. The topological polar surface area (TPSA) is 29.5 Å². The molecule has 0 bridgehead atoms. The molecule has 0 aromatic heterocycles. The fourth-order valence-corrected chi connectivity index (χ4v) is 2.94. The van der Waals surface area contributed by atoms with Gasteiger partial charge in [0.05, 0.1) is 5.02 Å². The van der Waals surface area contributed by atoms with Crippen LogP contribution in [-0.4, -0.2) is 29.7 Å². The molecule has 1 saturated heterocycles. The second-order valence-electron chi connectivity index (χ2n) is 6.85. The van der Waals surface area contributed by atoms with Gasteiger partial charge in [-0.05, 0) is 57.6 Å². The van der Waals surface area contributed by atoms with E-state index in [9.17, 15) is 9.18 Å². The number of amides is 1. The first kappa shape index (κ1) is 17.1. The van der Waals surface area contributed by atoms with Crippen molar-refractivity contribution in [2.24, 2.45) is 5.92 Å². The first-order valence-corrected chi connectivity index (χ1v) is 8.05. The van der Waals surface area contributed by atoms with Crippen LogP contribution in [0.1, 0.15) is 39.2 Å². The molecule has 1 aliphatic heterocycles.